The lowest BCUT2D eigenvalue weighted by molar-refractivity contribution is -0.136. The van der Waals surface area contributed by atoms with Crippen molar-refractivity contribution in [1.29, 1.82) is 0 Å². The van der Waals surface area contributed by atoms with E-state index in [9.17, 15) is 43.8 Å². The summed E-state index contributed by atoms with van der Waals surface area (Å²) < 4.78 is 0. The second-order valence-electron chi connectivity index (χ2n) is 21.7. The third kappa shape index (κ3) is 31.1. The fraction of sp³-hybridized carbons (Fsp3) is 0.855. The zero-order valence-corrected chi connectivity index (χ0v) is 46.5. The molecule has 0 aromatic heterocycles. The number of hydrogen-bond acceptors (Lipinski definition) is 12. The SMILES string of the molecule is CCCCCCCCCCCCCCCC(=O)NC(C(=O)N[C@@H](CCCN=C(N)N)C(=O)C[C@H](C(=O)N[C@@H](CC(C)C)C(=O)C[C@@H](C)C(O)N[C@H](C(=O)C[C@@H](CCCCN)C(C)=O)[C@@H](C)O)C(C)C)C(C)C. The minimum Gasteiger partial charge on any atom is -0.391 e. The highest BCUT2D eigenvalue weighted by molar-refractivity contribution is 5.96. The van der Waals surface area contributed by atoms with Gasteiger partial charge in [0.1, 0.15) is 18.1 Å². The molecule has 0 aromatic rings. The average Bonchev–Trinajstić information content (AvgIpc) is 3.29. The first-order valence-electron chi connectivity index (χ1n) is 27.8. The quantitative estimate of drug-likeness (QED) is 0.0137. The molecule has 0 heterocycles. The molecule has 12 N–H and O–H groups in total. The van der Waals surface area contributed by atoms with Gasteiger partial charge in [-0.2, -0.15) is 0 Å². The lowest BCUT2D eigenvalue weighted by Crippen LogP contribution is -2.54. The molecule has 9 atom stereocenters. The standard InChI is InChI=1S/C55H104N8O9/c1-11-12-13-14-15-16-17-18-19-20-21-22-23-29-49(69)62-50(38(6)7)54(72)60-44(28-26-31-59-55(57)58)47(67)35-43(37(4)5)53(71)61-45(32-36(2)3)46(66)33-39(8)52(70)63-51(41(10)65)48(68)34-42(40(9)64)27-24-25-30-56/h36-39,41-45,50-52,63,65,70H,11-35,56H2,1-10H3,(H,60,72)(H,61,71)(H,62,69)(H4,57,58,59)/t39-,41-,42-,43+,44+,45+,50?,51+,52?/m1/s1. The summed E-state index contributed by atoms with van der Waals surface area (Å²) >= 11 is 0. The molecule has 0 aliphatic heterocycles. The van der Waals surface area contributed by atoms with Gasteiger partial charge in [-0.15, -0.1) is 0 Å². The summed E-state index contributed by atoms with van der Waals surface area (Å²) in [6.45, 7) is 18.4. The van der Waals surface area contributed by atoms with Gasteiger partial charge in [-0.3, -0.25) is 43.9 Å². The van der Waals surface area contributed by atoms with Crippen LogP contribution in [0.5, 0.6) is 0 Å². The molecule has 2 unspecified atom stereocenters. The number of ketones is 4. The predicted molar refractivity (Wildman–Crippen MR) is 288 cm³/mol. The largest absolute Gasteiger partial charge is 0.391 e. The van der Waals surface area contributed by atoms with Crippen molar-refractivity contribution in [2.45, 2.75) is 253 Å². The molecule has 0 aliphatic carbocycles. The second kappa shape index (κ2) is 39.6. The number of hydrogen-bond donors (Lipinski definition) is 9. The number of carbonyl (C=O) groups excluding carboxylic acids is 7. The van der Waals surface area contributed by atoms with Gasteiger partial charge in [0.25, 0.3) is 0 Å². The second-order valence-corrected chi connectivity index (χ2v) is 21.7. The van der Waals surface area contributed by atoms with Gasteiger partial charge in [0.15, 0.2) is 23.3 Å². The number of amides is 3. The van der Waals surface area contributed by atoms with Crippen LogP contribution in [0.1, 0.15) is 217 Å². The smallest absolute Gasteiger partial charge is 0.243 e. The Morgan fingerprint density at radius 3 is 1.60 bits per heavy atom. The Kier molecular flexibility index (Phi) is 37.5. The summed E-state index contributed by atoms with van der Waals surface area (Å²) in [5.74, 6) is -5.55. The fourth-order valence-corrected chi connectivity index (χ4v) is 8.95. The number of nitrogens with zero attached hydrogens (tertiary/aromatic N) is 1. The third-order valence-electron chi connectivity index (χ3n) is 13.7. The molecule has 0 bridgehead atoms. The molecule has 418 valence electrons. The minimum absolute atomic E-state index is 0.0263. The van der Waals surface area contributed by atoms with Crippen LogP contribution in [0.15, 0.2) is 4.99 Å². The van der Waals surface area contributed by atoms with Crippen LogP contribution in [-0.2, 0) is 33.6 Å². The van der Waals surface area contributed by atoms with Gasteiger partial charge in [-0.05, 0) is 76.7 Å². The molecule has 0 fully saturated rings. The van der Waals surface area contributed by atoms with Gasteiger partial charge in [0.05, 0.1) is 24.2 Å². The van der Waals surface area contributed by atoms with Gasteiger partial charge < -0.3 is 43.4 Å². The number of unbranched alkanes of at least 4 members (excludes halogenated alkanes) is 13. The Hall–Kier alpha value is -3.80. The number of aliphatic hydroxyl groups is 2. The molecule has 72 heavy (non-hydrogen) atoms. The number of rotatable bonds is 45. The summed E-state index contributed by atoms with van der Waals surface area (Å²) in [6, 6.07) is -4.08. The van der Waals surface area contributed by atoms with Crippen molar-refractivity contribution in [2.75, 3.05) is 13.1 Å². The Bertz CT molecular complexity index is 1600. The number of nitrogens with one attached hydrogen (secondary N) is 4. The molecule has 0 aromatic carbocycles. The Balaban J connectivity index is 5.85. The van der Waals surface area contributed by atoms with Gasteiger partial charge in [0.2, 0.25) is 17.7 Å². The van der Waals surface area contributed by atoms with Crippen LogP contribution in [0.3, 0.4) is 0 Å². The van der Waals surface area contributed by atoms with Crippen LogP contribution >= 0.6 is 0 Å². The lowest BCUT2D eigenvalue weighted by atomic mass is 9.86. The number of Topliss-reactive ketones (excluding diaryl/α,β-unsaturated/α-hetero) is 4. The maximum atomic E-state index is 14.2. The van der Waals surface area contributed by atoms with Gasteiger partial charge in [0, 0.05) is 50.0 Å². The highest BCUT2D eigenvalue weighted by atomic mass is 16.3. The maximum Gasteiger partial charge on any atom is 0.243 e. The summed E-state index contributed by atoms with van der Waals surface area (Å²) in [5.41, 5.74) is 16.7. The van der Waals surface area contributed by atoms with Crippen LogP contribution in [0.2, 0.25) is 0 Å². The van der Waals surface area contributed by atoms with Crippen molar-refractivity contribution < 1.29 is 43.8 Å². The van der Waals surface area contributed by atoms with Crippen LogP contribution in [-0.4, -0.2) is 107 Å². The molecule has 0 saturated carbocycles. The van der Waals surface area contributed by atoms with Crippen LogP contribution in [0, 0.1) is 35.5 Å². The number of aliphatic imine (C=N–C) groups is 1. The predicted octanol–water partition coefficient (Wildman–Crippen LogP) is 6.46. The molecule has 3 amide bonds. The first-order chi connectivity index (χ1) is 34.0. The lowest BCUT2D eigenvalue weighted by Gasteiger charge is -2.30. The molecule has 0 rings (SSSR count). The molecule has 17 heteroatoms. The summed E-state index contributed by atoms with van der Waals surface area (Å²) in [4.78, 5) is 99.0. The van der Waals surface area contributed by atoms with Crippen molar-refractivity contribution in [3.63, 3.8) is 0 Å². The highest BCUT2D eigenvalue weighted by Crippen LogP contribution is 2.22. The molecule has 0 radical (unpaired) electrons. The van der Waals surface area contributed by atoms with E-state index in [-0.39, 0.29) is 79.8 Å². The normalized spacial score (nSPS) is 15.4. The summed E-state index contributed by atoms with van der Waals surface area (Å²) in [5, 5.41) is 33.2. The van der Waals surface area contributed by atoms with E-state index in [1.54, 1.807) is 20.8 Å². The first-order valence-corrected chi connectivity index (χ1v) is 27.8. The van der Waals surface area contributed by atoms with Crippen molar-refractivity contribution in [2.24, 2.45) is 57.7 Å². The van der Waals surface area contributed by atoms with E-state index in [4.69, 9.17) is 17.2 Å². The Morgan fingerprint density at radius 1 is 0.569 bits per heavy atom. The summed E-state index contributed by atoms with van der Waals surface area (Å²) in [7, 11) is 0. The van der Waals surface area contributed by atoms with E-state index in [0.29, 0.717) is 38.6 Å². The minimum atomic E-state index is -1.39. The van der Waals surface area contributed by atoms with Crippen LogP contribution in [0.25, 0.3) is 0 Å². The van der Waals surface area contributed by atoms with Crippen molar-refractivity contribution in [3.05, 3.63) is 0 Å². The van der Waals surface area contributed by atoms with E-state index in [1.165, 1.54) is 71.6 Å². The van der Waals surface area contributed by atoms with E-state index >= 15 is 0 Å². The topological polar surface area (TPSA) is 298 Å². The Morgan fingerprint density at radius 2 is 1.11 bits per heavy atom. The molecule has 17 nitrogen and oxygen atoms in total. The van der Waals surface area contributed by atoms with E-state index < -0.39 is 77.6 Å². The molecule has 0 spiro atoms. The van der Waals surface area contributed by atoms with Crippen molar-refractivity contribution in [1.82, 2.24) is 21.3 Å². The molecule has 0 saturated heterocycles. The Labute approximate surface area is 434 Å². The van der Waals surface area contributed by atoms with E-state index in [2.05, 4.69) is 33.2 Å². The molecule has 0 aliphatic rings. The number of carbonyl (C=O) groups is 7. The van der Waals surface area contributed by atoms with Gasteiger partial charge >= 0.3 is 0 Å². The van der Waals surface area contributed by atoms with Crippen LogP contribution < -0.4 is 38.5 Å². The molecular formula is C55H104N8O9. The third-order valence-corrected chi connectivity index (χ3v) is 13.7. The zero-order valence-electron chi connectivity index (χ0n) is 46.5. The van der Waals surface area contributed by atoms with Gasteiger partial charge in [-0.1, -0.05) is 139 Å². The number of nitrogens with two attached hydrogens (primary N) is 3. The molecular weight excluding hydrogens is 917 g/mol. The highest BCUT2D eigenvalue weighted by Gasteiger charge is 2.36. The average molecular weight is 1020 g/mol. The van der Waals surface area contributed by atoms with E-state index in [1.807, 2.05) is 27.7 Å². The van der Waals surface area contributed by atoms with Gasteiger partial charge in [-0.25, -0.2) is 0 Å². The van der Waals surface area contributed by atoms with Crippen molar-refractivity contribution in [3.8, 4) is 0 Å². The number of aliphatic hydroxyl groups excluding tert-OH is 2. The fourth-order valence-electron chi connectivity index (χ4n) is 8.95. The number of guanidine groups is 1. The first kappa shape index (κ1) is 68.2. The van der Waals surface area contributed by atoms with Crippen molar-refractivity contribution >= 4 is 46.8 Å². The summed E-state index contributed by atoms with van der Waals surface area (Å²) in [6.07, 6.45) is 15.3. The van der Waals surface area contributed by atoms with E-state index in [0.717, 1.165) is 25.7 Å². The van der Waals surface area contributed by atoms with Crippen LogP contribution in [0.4, 0.5) is 0 Å². The monoisotopic (exact) mass is 1020 g/mol. The zero-order chi connectivity index (χ0) is 54.8. The maximum absolute atomic E-state index is 14.2.